The van der Waals surface area contributed by atoms with Crippen molar-refractivity contribution in [2.45, 2.75) is 36.7 Å². The molecule has 2 heterocycles. The van der Waals surface area contributed by atoms with Gasteiger partial charge in [-0.05, 0) is 44.5 Å². The number of hydrogen-bond acceptors (Lipinski definition) is 4. The SMILES string of the molecule is O=S(=O)(NC1CCCN(CCCn2ccnc2)C1)c1ccccc1. The molecule has 1 unspecified atom stereocenters. The van der Waals surface area contributed by atoms with Gasteiger partial charge in [-0.1, -0.05) is 18.2 Å². The Bertz CT molecular complexity index is 716. The first kappa shape index (κ1) is 17.1. The molecule has 0 aliphatic carbocycles. The van der Waals surface area contributed by atoms with Crippen LogP contribution in [0, 0.1) is 0 Å². The molecule has 0 bridgehead atoms. The third kappa shape index (κ3) is 4.66. The number of sulfonamides is 1. The summed E-state index contributed by atoms with van der Waals surface area (Å²) in [6, 6.07) is 8.57. The molecular weight excluding hydrogens is 324 g/mol. The smallest absolute Gasteiger partial charge is 0.240 e. The van der Waals surface area contributed by atoms with Gasteiger partial charge in [0.1, 0.15) is 0 Å². The summed E-state index contributed by atoms with van der Waals surface area (Å²) < 4.78 is 29.8. The molecule has 1 aromatic heterocycles. The van der Waals surface area contributed by atoms with Crippen molar-refractivity contribution in [3.05, 3.63) is 49.1 Å². The molecule has 1 atom stereocenters. The molecular formula is C17H24N4O2S. The zero-order valence-corrected chi connectivity index (χ0v) is 14.5. The topological polar surface area (TPSA) is 67.2 Å². The number of rotatable bonds is 7. The van der Waals surface area contributed by atoms with Crippen LogP contribution in [0.15, 0.2) is 53.9 Å². The largest absolute Gasteiger partial charge is 0.337 e. The molecule has 1 aliphatic heterocycles. The first-order chi connectivity index (χ1) is 11.6. The van der Waals surface area contributed by atoms with E-state index in [1.165, 1.54) is 0 Å². The van der Waals surface area contributed by atoms with E-state index in [0.29, 0.717) is 4.90 Å². The fraction of sp³-hybridized carbons (Fsp3) is 0.471. The summed E-state index contributed by atoms with van der Waals surface area (Å²) in [6.07, 6.45) is 8.53. The summed E-state index contributed by atoms with van der Waals surface area (Å²) in [4.78, 5) is 6.72. The summed E-state index contributed by atoms with van der Waals surface area (Å²) in [6.45, 7) is 3.72. The quantitative estimate of drug-likeness (QED) is 0.827. The summed E-state index contributed by atoms with van der Waals surface area (Å²) in [5.74, 6) is 0. The van der Waals surface area contributed by atoms with Crippen LogP contribution < -0.4 is 4.72 Å². The molecule has 0 amide bonds. The third-order valence-corrected chi connectivity index (χ3v) is 5.87. The number of aromatic nitrogens is 2. The maximum Gasteiger partial charge on any atom is 0.240 e. The van der Waals surface area contributed by atoms with Gasteiger partial charge in [-0.15, -0.1) is 0 Å². The molecule has 1 fully saturated rings. The van der Waals surface area contributed by atoms with Gasteiger partial charge in [0, 0.05) is 31.5 Å². The molecule has 7 heteroatoms. The van der Waals surface area contributed by atoms with E-state index in [1.807, 2.05) is 18.6 Å². The second-order valence-electron chi connectivity index (χ2n) is 6.23. The molecule has 1 N–H and O–H groups in total. The highest BCUT2D eigenvalue weighted by Gasteiger charge is 2.24. The summed E-state index contributed by atoms with van der Waals surface area (Å²) in [5.41, 5.74) is 0. The zero-order chi connectivity index (χ0) is 16.8. The van der Waals surface area contributed by atoms with Crippen LogP contribution in [0.5, 0.6) is 0 Å². The molecule has 130 valence electrons. The van der Waals surface area contributed by atoms with Gasteiger partial charge in [0.25, 0.3) is 0 Å². The van der Waals surface area contributed by atoms with Crippen molar-refractivity contribution in [2.75, 3.05) is 19.6 Å². The minimum absolute atomic E-state index is 0.0165. The highest BCUT2D eigenvalue weighted by atomic mass is 32.2. The third-order valence-electron chi connectivity index (χ3n) is 4.33. The van der Waals surface area contributed by atoms with E-state index in [-0.39, 0.29) is 6.04 Å². The number of hydrogen-bond donors (Lipinski definition) is 1. The molecule has 1 aromatic carbocycles. The van der Waals surface area contributed by atoms with E-state index in [0.717, 1.165) is 45.4 Å². The van der Waals surface area contributed by atoms with E-state index in [4.69, 9.17) is 0 Å². The van der Waals surface area contributed by atoms with Crippen LogP contribution in [0.3, 0.4) is 0 Å². The Morgan fingerprint density at radius 1 is 1.21 bits per heavy atom. The molecule has 3 rings (SSSR count). The normalized spacial score (nSPS) is 19.4. The van der Waals surface area contributed by atoms with Crippen molar-refractivity contribution in [1.29, 1.82) is 0 Å². The first-order valence-electron chi connectivity index (χ1n) is 8.39. The molecule has 0 radical (unpaired) electrons. The van der Waals surface area contributed by atoms with Crippen LogP contribution in [0.1, 0.15) is 19.3 Å². The van der Waals surface area contributed by atoms with Crippen molar-refractivity contribution in [3.63, 3.8) is 0 Å². The Morgan fingerprint density at radius 2 is 2.04 bits per heavy atom. The van der Waals surface area contributed by atoms with Crippen molar-refractivity contribution in [2.24, 2.45) is 0 Å². The average molecular weight is 348 g/mol. The lowest BCUT2D eigenvalue weighted by Crippen LogP contribution is -2.47. The number of aryl methyl sites for hydroxylation is 1. The van der Waals surface area contributed by atoms with Crippen LogP contribution in [0.25, 0.3) is 0 Å². The molecule has 6 nitrogen and oxygen atoms in total. The lowest BCUT2D eigenvalue weighted by Gasteiger charge is -2.33. The van der Waals surface area contributed by atoms with E-state index in [1.54, 1.807) is 30.5 Å². The van der Waals surface area contributed by atoms with Gasteiger partial charge in [-0.3, -0.25) is 0 Å². The van der Waals surface area contributed by atoms with Gasteiger partial charge in [0.05, 0.1) is 11.2 Å². The lowest BCUT2D eigenvalue weighted by molar-refractivity contribution is 0.197. The summed E-state index contributed by atoms with van der Waals surface area (Å²) >= 11 is 0. The maximum atomic E-state index is 12.4. The Balaban J connectivity index is 1.50. The van der Waals surface area contributed by atoms with E-state index >= 15 is 0 Å². The Labute approximate surface area is 143 Å². The molecule has 0 saturated carbocycles. The van der Waals surface area contributed by atoms with Crippen molar-refractivity contribution < 1.29 is 8.42 Å². The molecule has 1 aliphatic rings. The number of imidazole rings is 1. The lowest BCUT2D eigenvalue weighted by atomic mass is 10.1. The van der Waals surface area contributed by atoms with Crippen LogP contribution >= 0.6 is 0 Å². The number of nitrogens with zero attached hydrogens (tertiary/aromatic N) is 3. The average Bonchev–Trinajstić information content (AvgIpc) is 3.09. The van der Waals surface area contributed by atoms with Crippen molar-refractivity contribution in [1.82, 2.24) is 19.2 Å². The van der Waals surface area contributed by atoms with E-state index in [9.17, 15) is 8.42 Å². The minimum Gasteiger partial charge on any atom is -0.337 e. The summed E-state index contributed by atoms with van der Waals surface area (Å²) in [7, 11) is -3.43. The summed E-state index contributed by atoms with van der Waals surface area (Å²) in [5, 5.41) is 0. The van der Waals surface area contributed by atoms with Crippen LogP contribution in [0.2, 0.25) is 0 Å². The van der Waals surface area contributed by atoms with Crippen molar-refractivity contribution >= 4 is 10.0 Å². The standard InChI is InChI=1S/C17H24N4O2S/c22-24(23,17-7-2-1-3-8-17)19-16-6-4-10-20(14-16)11-5-12-21-13-9-18-15-21/h1-3,7-9,13,15-16,19H,4-6,10-12,14H2. The second kappa shape index (κ2) is 7.92. The van der Waals surface area contributed by atoms with Gasteiger partial charge in [-0.25, -0.2) is 18.1 Å². The number of benzene rings is 1. The number of piperidine rings is 1. The Hall–Kier alpha value is -1.70. The highest BCUT2D eigenvalue weighted by Crippen LogP contribution is 2.15. The number of nitrogens with one attached hydrogen (secondary N) is 1. The fourth-order valence-corrected chi connectivity index (χ4v) is 4.42. The fourth-order valence-electron chi connectivity index (χ4n) is 3.14. The van der Waals surface area contributed by atoms with E-state index in [2.05, 4.69) is 19.2 Å². The molecule has 1 saturated heterocycles. The van der Waals surface area contributed by atoms with Gasteiger partial charge in [0.2, 0.25) is 10.0 Å². The number of likely N-dealkylation sites (tertiary alicyclic amines) is 1. The predicted molar refractivity (Wildman–Crippen MR) is 93.1 cm³/mol. The van der Waals surface area contributed by atoms with Gasteiger partial charge < -0.3 is 9.47 Å². The van der Waals surface area contributed by atoms with Crippen LogP contribution in [-0.4, -0.2) is 48.5 Å². The maximum absolute atomic E-state index is 12.4. The van der Waals surface area contributed by atoms with Gasteiger partial charge >= 0.3 is 0 Å². The molecule has 24 heavy (non-hydrogen) atoms. The molecule has 0 spiro atoms. The monoisotopic (exact) mass is 348 g/mol. The Morgan fingerprint density at radius 3 is 2.79 bits per heavy atom. The van der Waals surface area contributed by atoms with E-state index < -0.39 is 10.0 Å². The van der Waals surface area contributed by atoms with Gasteiger partial charge in [-0.2, -0.15) is 0 Å². The van der Waals surface area contributed by atoms with Crippen LogP contribution in [0.4, 0.5) is 0 Å². The van der Waals surface area contributed by atoms with Gasteiger partial charge in [0.15, 0.2) is 0 Å². The molecule has 2 aromatic rings. The second-order valence-corrected chi connectivity index (χ2v) is 7.94. The van der Waals surface area contributed by atoms with Crippen molar-refractivity contribution in [3.8, 4) is 0 Å². The predicted octanol–water partition coefficient (Wildman–Crippen LogP) is 1.72. The zero-order valence-electron chi connectivity index (χ0n) is 13.7. The Kier molecular flexibility index (Phi) is 5.65. The minimum atomic E-state index is -3.43. The first-order valence-corrected chi connectivity index (χ1v) is 9.87. The van der Waals surface area contributed by atoms with Crippen LogP contribution in [-0.2, 0) is 16.6 Å². The highest BCUT2D eigenvalue weighted by molar-refractivity contribution is 7.89.